The first kappa shape index (κ1) is 16.9. The Morgan fingerprint density at radius 2 is 2.30 bits per heavy atom. The predicted octanol–water partition coefficient (Wildman–Crippen LogP) is 1.18. The fourth-order valence-corrected chi connectivity index (χ4v) is 2.08. The van der Waals surface area contributed by atoms with Crippen molar-refractivity contribution in [3.63, 3.8) is 0 Å². The van der Waals surface area contributed by atoms with Crippen molar-refractivity contribution in [3.8, 4) is 0 Å². The number of carbonyl (C=O) groups excluding carboxylic acids is 1. The van der Waals surface area contributed by atoms with Gasteiger partial charge < -0.3 is 4.90 Å². The van der Waals surface area contributed by atoms with Crippen LogP contribution in [0, 0.1) is 0 Å². The molecule has 0 atom stereocenters. The van der Waals surface area contributed by atoms with E-state index in [4.69, 9.17) is 12.2 Å². The van der Waals surface area contributed by atoms with E-state index in [1.165, 1.54) is 6.08 Å². The molecule has 1 N–H and O–H groups in total. The number of thiocarbonyl (C=S) groups is 1. The molecular weight excluding hydrogens is 312 g/mol. The summed E-state index contributed by atoms with van der Waals surface area (Å²) in [6.45, 7) is 3.39. The third kappa shape index (κ3) is 5.03. The standard InChI is InChI=1S/C15H20N6OS/c1-4-21-8-7-13(18-21)11-19(2)15(23)17-14(22)6-5-12-9-16-20(3)10-12/h5-10H,4,11H2,1-3H3,(H,17,22,23)/b6-5+. The second-order valence-corrected chi connectivity index (χ2v) is 5.48. The maximum Gasteiger partial charge on any atom is 0.250 e. The van der Waals surface area contributed by atoms with Crippen LogP contribution in [0.1, 0.15) is 18.2 Å². The molecule has 0 radical (unpaired) electrons. The van der Waals surface area contributed by atoms with Gasteiger partial charge in [-0.15, -0.1) is 0 Å². The zero-order chi connectivity index (χ0) is 16.8. The molecule has 1 amide bonds. The number of hydrogen-bond donors (Lipinski definition) is 1. The summed E-state index contributed by atoms with van der Waals surface area (Å²) in [5.41, 5.74) is 1.75. The zero-order valence-electron chi connectivity index (χ0n) is 13.4. The van der Waals surface area contributed by atoms with Crippen LogP contribution in [0.5, 0.6) is 0 Å². The zero-order valence-corrected chi connectivity index (χ0v) is 14.2. The van der Waals surface area contributed by atoms with Crippen molar-refractivity contribution in [3.05, 3.63) is 42.0 Å². The molecule has 8 heteroatoms. The number of nitrogens with zero attached hydrogens (tertiary/aromatic N) is 5. The Morgan fingerprint density at radius 1 is 1.52 bits per heavy atom. The number of amides is 1. The molecule has 2 rings (SSSR count). The summed E-state index contributed by atoms with van der Waals surface area (Å²) < 4.78 is 3.52. The minimum absolute atomic E-state index is 0.273. The Kier molecular flexibility index (Phi) is 5.64. The van der Waals surface area contributed by atoms with Gasteiger partial charge in [-0.1, -0.05) is 0 Å². The first-order valence-electron chi connectivity index (χ1n) is 7.23. The van der Waals surface area contributed by atoms with Gasteiger partial charge >= 0.3 is 0 Å². The van der Waals surface area contributed by atoms with Gasteiger partial charge in [0.05, 0.1) is 18.4 Å². The average molecular weight is 332 g/mol. The molecule has 0 saturated heterocycles. The smallest absolute Gasteiger partial charge is 0.250 e. The Morgan fingerprint density at radius 3 is 2.91 bits per heavy atom. The topological polar surface area (TPSA) is 68.0 Å². The van der Waals surface area contributed by atoms with Crippen LogP contribution < -0.4 is 5.32 Å². The summed E-state index contributed by atoms with van der Waals surface area (Å²) in [6.07, 6.45) is 8.54. The van der Waals surface area contributed by atoms with Crippen LogP contribution in [0.2, 0.25) is 0 Å². The van der Waals surface area contributed by atoms with E-state index < -0.39 is 0 Å². The van der Waals surface area contributed by atoms with Gasteiger partial charge in [-0.25, -0.2) is 0 Å². The lowest BCUT2D eigenvalue weighted by Crippen LogP contribution is -2.39. The normalized spacial score (nSPS) is 10.9. The molecule has 2 heterocycles. The van der Waals surface area contributed by atoms with E-state index in [1.54, 1.807) is 21.9 Å². The van der Waals surface area contributed by atoms with Crippen molar-refractivity contribution < 1.29 is 4.79 Å². The van der Waals surface area contributed by atoms with Crippen LogP contribution in [0.3, 0.4) is 0 Å². The third-order valence-corrected chi connectivity index (χ3v) is 3.56. The molecule has 0 aliphatic heterocycles. The first-order valence-corrected chi connectivity index (χ1v) is 7.64. The van der Waals surface area contributed by atoms with Gasteiger partial charge in [0.2, 0.25) is 5.91 Å². The molecule has 0 spiro atoms. The van der Waals surface area contributed by atoms with Crippen molar-refractivity contribution in [2.45, 2.75) is 20.0 Å². The monoisotopic (exact) mass is 332 g/mol. The van der Waals surface area contributed by atoms with Crippen molar-refractivity contribution in [2.24, 2.45) is 7.05 Å². The maximum atomic E-state index is 11.9. The van der Waals surface area contributed by atoms with Crippen LogP contribution in [-0.2, 0) is 24.9 Å². The quantitative estimate of drug-likeness (QED) is 0.658. The maximum absolute atomic E-state index is 11.9. The lowest BCUT2D eigenvalue weighted by molar-refractivity contribution is -0.115. The SMILES string of the molecule is CCn1ccc(CN(C)C(=S)NC(=O)/C=C/c2cnn(C)c2)n1. The summed E-state index contributed by atoms with van der Waals surface area (Å²) in [5, 5.41) is 11.4. The van der Waals surface area contributed by atoms with Gasteiger partial charge in [-0.3, -0.25) is 19.5 Å². The van der Waals surface area contributed by atoms with Crippen molar-refractivity contribution in [1.29, 1.82) is 0 Å². The van der Waals surface area contributed by atoms with Crippen LogP contribution >= 0.6 is 12.2 Å². The largest absolute Gasteiger partial charge is 0.346 e. The van der Waals surface area contributed by atoms with E-state index in [-0.39, 0.29) is 5.91 Å². The molecule has 0 aromatic carbocycles. The molecule has 2 aromatic rings. The fraction of sp³-hybridized carbons (Fsp3) is 0.333. The van der Waals surface area contributed by atoms with Gasteiger partial charge in [-0.2, -0.15) is 10.2 Å². The summed E-state index contributed by atoms with van der Waals surface area (Å²) in [7, 11) is 3.64. The molecule has 0 bridgehead atoms. The number of nitrogens with one attached hydrogen (secondary N) is 1. The van der Waals surface area contributed by atoms with Crippen LogP contribution in [0.4, 0.5) is 0 Å². The Balaban J connectivity index is 1.84. The molecule has 0 unspecified atom stereocenters. The number of hydrogen-bond acceptors (Lipinski definition) is 4. The van der Waals surface area contributed by atoms with Crippen molar-refractivity contribution in [1.82, 2.24) is 29.8 Å². The van der Waals surface area contributed by atoms with E-state index in [0.717, 1.165) is 17.8 Å². The lowest BCUT2D eigenvalue weighted by Gasteiger charge is -2.18. The summed E-state index contributed by atoms with van der Waals surface area (Å²) in [6, 6.07) is 1.94. The molecule has 0 aliphatic rings. The van der Waals surface area contributed by atoms with E-state index in [1.807, 2.05) is 44.2 Å². The average Bonchev–Trinajstić information content (AvgIpc) is 3.13. The molecular formula is C15H20N6OS. The molecule has 23 heavy (non-hydrogen) atoms. The third-order valence-electron chi connectivity index (χ3n) is 3.15. The molecule has 7 nitrogen and oxygen atoms in total. The molecule has 0 fully saturated rings. The van der Waals surface area contributed by atoms with E-state index in [2.05, 4.69) is 15.5 Å². The van der Waals surface area contributed by atoms with Gasteiger partial charge in [0.1, 0.15) is 0 Å². The number of rotatable bonds is 5. The van der Waals surface area contributed by atoms with Crippen LogP contribution in [0.25, 0.3) is 6.08 Å². The van der Waals surface area contributed by atoms with Crippen molar-refractivity contribution >= 4 is 29.3 Å². The second-order valence-electron chi connectivity index (χ2n) is 5.09. The summed E-state index contributed by atoms with van der Waals surface area (Å²) >= 11 is 5.23. The first-order chi connectivity index (χ1) is 11.0. The van der Waals surface area contributed by atoms with E-state index in [0.29, 0.717) is 11.7 Å². The van der Waals surface area contributed by atoms with E-state index >= 15 is 0 Å². The van der Waals surface area contributed by atoms with Crippen molar-refractivity contribution in [2.75, 3.05) is 7.05 Å². The lowest BCUT2D eigenvalue weighted by atomic mass is 10.3. The van der Waals surface area contributed by atoms with Gasteiger partial charge in [0.15, 0.2) is 5.11 Å². The number of aromatic nitrogens is 4. The molecule has 0 aliphatic carbocycles. The van der Waals surface area contributed by atoms with Gasteiger partial charge in [0, 0.05) is 44.7 Å². The highest BCUT2D eigenvalue weighted by molar-refractivity contribution is 7.80. The fourth-order valence-electron chi connectivity index (χ4n) is 1.92. The highest BCUT2D eigenvalue weighted by Crippen LogP contribution is 2.02. The van der Waals surface area contributed by atoms with Crippen LogP contribution in [0.15, 0.2) is 30.7 Å². The highest BCUT2D eigenvalue weighted by atomic mass is 32.1. The second kappa shape index (κ2) is 7.68. The minimum atomic E-state index is -0.273. The Bertz CT molecular complexity index is 717. The Hall–Kier alpha value is -2.48. The van der Waals surface area contributed by atoms with Gasteiger partial charge in [0.25, 0.3) is 0 Å². The number of carbonyl (C=O) groups is 1. The van der Waals surface area contributed by atoms with Gasteiger partial charge in [-0.05, 0) is 31.3 Å². The number of aryl methyl sites for hydroxylation is 2. The highest BCUT2D eigenvalue weighted by Gasteiger charge is 2.09. The van der Waals surface area contributed by atoms with E-state index in [9.17, 15) is 4.79 Å². The molecule has 122 valence electrons. The van der Waals surface area contributed by atoms with Crippen LogP contribution in [-0.4, -0.2) is 42.5 Å². The summed E-state index contributed by atoms with van der Waals surface area (Å²) in [5.74, 6) is -0.273. The predicted molar refractivity (Wildman–Crippen MR) is 92.4 cm³/mol. The molecule has 2 aromatic heterocycles. The summed E-state index contributed by atoms with van der Waals surface area (Å²) in [4.78, 5) is 13.7. The molecule has 0 saturated carbocycles. The Labute approximate surface area is 140 Å². The minimum Gasteiger partial charge on any atom is -0.346 e.